The number of piperidine rings is 1. The van der Waals surface area contributed by atoms with Crippen molar-refractivity contribution in [2.45, 2.75) is 19.3 Å². The van der Waals surface area contributed by atoms with Gasteiger partial charge in [-0.05, 0) is 42.9 Å². The van der Waals surface area contributed by atoms with Crippen LogP contribution in [0, 0.1) is 5.92 Å². The fourth-order valence-corrected chi connectivity index (χ4v) is 2.70. The van der Waals surface area contributed by atoms with Crippen molar-refractivity contribution in [2.24, 2.45) is 5.92 Å². The van der Waals surface area contributed by atoms with Gasteiger partial charge in [-0.1, -0.05) is 24.8 Å². The minimum absolute atomic E-state index is 0.0191. The number of carboxylic acid groups (broad SMARTS) is 1. The number of nitrogens with zero attached hydrogens (tertiary/aromatic N) is 1. The molecule has 1 fully saturated rings. The molecule has 1 aromatic carbocycles. The van der Waals surface area contributed by atoms with Gasteiger partial charge in [-0.15, -0.1) is 0 Å². The normalized spacial score (nSPS) is 15.9. The molecule has 0 saturated carbocycles. The van der Waals surface area contributed by atoms with Crippen molar-refractivity contribution in [3.8, 4) is 0 Å². The van der Waals surface area contributed by atoms with Gasteiger partial charge in [-0.3, -0.25) is 4.79 Å². The van der Waals surface area contributed by atoms with E-state index in [0.717, 1.165) is 37.9 Å². The third kappa shape index (κ3) is 3.26. The highest BCUT2D eigenvalue weighted by molar-refractivity contribution is 5.89. The minimum Gasteiger partial charge on any atom is -0.478 e. The summed E-state index contributed by atoms with van der Waals surface area (Å²) >= 11 is 0. The van der Waals surface area contributed by atoms with Gasteiger partial charge < -0.3 is 10.0 Å². The molecule has 1 aliphatic rings. The zero-order chi connectivity index (χ0) is 14.5. The molecule has 0 aliphatic carbocycles. The number of carbonyl (C=O) groups is 2. The molecule has 2 rings (SSSR count). The van der Waals surface area contributed by atoms with Crippen LogP contribution in [0.5, 0.6) is 0 Å². The van der Waals surface area contributed by atoms with Crippen molar-refractivity contribution in [2.75, 3.05) is 13.1 Å². The van der Waals surface area contributed by atoms with Crippen LogP contribution in [-0.2, 0) is 11.2 Å². The number of carboxylic acids is 1. The maximum Gasteiger partial charge on any atom is 0.335 e. The van der Waals surface area contributed by atoms with Gasteiger partial charge in [0.1, 0.15) is 0 Å². The highest BCUT2D eigenvalue weighted by Crippen LogP contribution is 2.23. The van der Waals surface area contributed by atoms with E-state index in [9.17, 15) is 14.7 Å². The third-order valence-corrected chi connectivity index (χ3v) is 3.86. The van der Waals surface area contributed by atoms with E-state index in [1.54, 1.807) is 17.0 Å². The number of hydrogen-bond donors (Lipinski definition) is 1. The third-order valence-electron chi connectivity index (χ3n) is 3.86. The number of benzene rings is 1. The smallest absolute Gasteiger partial charge is 0.335 e. The Labute approximate surface area is 118 Å². The molecule has 0 atom stereocenters. The van der Waals surface area contributed by atoms with Crippen molar-refractivity contribution >= 4 is 11.9 Å². The van der Waals surface area contributed by atoms with Crippen LogP contribution in [-0.4, -0.2) is 35.0 Å². The number of carbonyl (C=O) groups excluding carboxylic acids is 1. The Kier molecular flexibility index (Phi) is 4.56. The molecule has 106 valence electrons. The van der Waals surface area contributed by atoms with Gasteiger partial charge in [-0.25, -0.2) is 4.79 Å². The summed E-state index contributed by atoms with van der Waals surface area (Å²) in [5.74, 6) is -0.460. The van der Waals surface area contributed by atoms with E-state index in [2.05, 4.69) is 6.58 Å². The molecule has 1 aliphatic heterocycles. The molecule has 1 N–H and O–H groups in total. The molecule has 0 unspecified atom stereocenters. The van der Waals surface area contributed by atoms with Crippen molar-refractivity contribution in [1.29, 1.82) is 0 Å². The summed E-state index contributed by atoms with van der Waals surface area (Å²) in [6.45, 7) is 4.95. The van der Waals surface area contributed by atoms with E-state index in [0.29, 0.717) is 11.5 Å². The lowest BCUT2D eigenvalue weighted by Crippen LogP contribution is -2.37. The average Bonchev–Trinajstić information content (AvgIpc) is 2.47. The number of rotatable bonds is 4. The average molecular weight is 273 g/mol. The summed E-state index contributed by atoms with van der Waals surface area (Å²) in [7, 11) is 0. The Morgan fingerprint density at radius 1 is 1.30 bits per heavy atom. The van der Waals surface area contributed by atoms with E-state index >= 15 is 0 Å². The van der Waals surface area contributed by atoms with Crippen LogP contribution in [0.1, 0.15) is 28.8 Å². The molecule has 4 heteroatoms. The summed E-state index contributed by atoms with van der Waals surface area (Å²) in [6, 6.07) is 7.15. The van der Waals surface area contributed by atoms with Crippen LogP contribution in [0.25, 0.3) is 0 Å². The zero-order valence-electron chi connectivity index (χ0n) is 11.4. The SMILES string of the molecule is C=CC(=O)N1CCC(Cc2ccccc2C(=O)O)CC1. The van der Waals surface area contributed by atoms with Crippen LogP contribution in [0.15, 0.2) is 36.9 Å². The highest BCUT2D eigenvalue weighted by atomic mass is 16.4. The first-order valence-electron chi connectivity index (χ1n) is 6.84. The van der Waals surface area contributed by atoms with Crippen molar-refractivity contribution in [1.82, 2.24) is 4.90 Å². The van der Waals surface area contributed by atoms with Gasteiger partial charge in [0.2, 0.25) is 5.91 Å². The molecule has 4 nitrogen and oxygen atoms in total. The molecule has 20 heavy (non-hydrogen) atoms. The summed E-state index contributed by atoms with van der Waals surface area (Å²) in [4.78, 5) is 24.5. The maximum atomic E-state index is 11.5. The first-order valence-corrected chi connectivity index (χ1v) is 6.84. The lowest BCUT2D eigenvalue weighted by Gasteiger charge is -2.31. The van der Waals surface area contributed by atoms with Crippen LogP contribution in [0.3, 0.4) is 0 Å². The first kappa shape index (κ1) is 14.3. The Bertz CT molecular complexity index is 516. The lowest BCUT2D eigenvalue weighted by atomic mass is 9.88. The minimum atomic E-state index is -0.875. The van der Waals surface area contributed by atoms with Crippen LogP contribution in [0.4, 0.5) is 0 Å². The second kappa shape index (κ2) is 6.37. The summed E-state index contributed by atoms with van der Waals surface area (Å²) in [6.07, 6.45) is 3.93. The van der Waals surface area contributed by atoms with Gasteiger partial charge in [0.15, 0.2) is 0 Å². The molecule has 1 amide bonds. The zero-order valence-corrected chi connectivity index (χ0v) is 11.4. The van der Waals surface area contributed by atoms with Crippen LogP contribution >= 0.6 is 0 Å². The van der Waals surface area contributed by atoms with Crippen molar-refractivity contribution in [3.63, 3.8) is 0 Å². The fourth-order valence-electron chi connectivity index (χ4n) is 2.70. The quantitative estimate of drug-likeness (QED) is 0.857. The molecule has 0 bridgehead atoms. The molecule has 0 aromatic heterocycles. The van der Waals surface area contributed by atoms with Crippen molar-refractivity contribution in [3.05, 3.63) is 48.0 Å². The molecular weight excluding hydrogens is 254 g/mol. The monoisotopic (exact) mass is 273 g/mol. The number of hydrogen-bond acceptors (Lipinski definition) is 2. The second-order valence-electron chi connectivity index (χ2n) is 5.14. The molecule has 0 spiro atoms. The van der Waals surface area contributed by atoms with Gasteiger partial charge in [0.25, 0.3) is 0 Å². The Balaban J connectivity index is 1.98. The van der Waals surface area contributed by atoms with E-state index in [-0.39, 0.29) is 5.91 Å². The lowest BCUT2D eigenvalue weighted by molar-refractivity contribution is -0.127. The van der Waals surface area contributed by atoms with Gasteiger partial charge in [-0.2, -0.15) is 0 Å². The first-order chi connectivity index (χ1) is 9.61. The maximum absolute atomic E-state index is 11.5. The number of likely N-dealkylation sites (tertiary alicyclic amines) is 1. The van der Waals surface area contributed by atoms with Crippen LogP contribution < -0.4 is 0 Å². The van der Waals surface area contributed by atoms with E-state index in [1.165, 1.54) is 6.08 Å². The molecule has 1 heterocycles. The van der Waals surface area contributed by atoms with Gasteiger partial charge >= 0.3 is 5.97 Å². The van der Waals surface area contributed by atoms with E-state index < -0.39 is 5.97 Å². The summed E-state index contributed by atoms with van der Waals surface area (Å²) in [5.41, 5.74) is 1.27. The van der Waals surface area contributed by atoms with Crippen LogP contribution in [0.2, 0.25) is 0 Å². The molecular formula is C16H19NO3. The topological polar surface area (TPSA) is 57.6 Å². The second-order valence-corrected chi connectivity index (χ2v) is 5.14. The van der Waals surface area contributed by atoms with Gasteiger partial charge in [0.05, 0.1) is 5.56 Å². The largest absolute Gasteiger partial charge is 0.478 e. The molecule has 1 aromatic rings. The van der Waals surface area contributed by atoms with Gasteiger partial charge in [0, 0.05) is 13.1 Å². The standard InChI is InChI=1S/C16H19NO3/c1-2-15(18)17-9-7-12(8-10-17)11-13-5-3-4-6-14(13)16(19)20/h2-6,12H,1,7-11H2,(H,19,20). The number of aromatic carboxylic acids is 1. The molecule has 1 saturated heterocycles. The Morgan fingerprint density at radius 2 is 1.95 bits per heavy atom. The highest BCUT2D eigenvalue weighted by Gasteiger charge is 2.22. The summed E-state index contributed by atoms with van der Waals surface area (Å²) in [5, 5.41) is 9.18. The fraction of sp³-hybridized carbons (Fsp3) is 0.375. The Hall–Kier alpha value is -2.10. The predicted molar refractivity (Wildman–Crippen MR) is 76.6 cm³/mol. The molecule has 0 radical (unpaired) electrons. The predicted octanol–water partition coefficient (Wildman–Crippen LogP) is 2.35. The summed E-state index contributed by atoms with van der Waals surface area (Å²) < 4.78 is 0. The van der Waals surface area contributed by atoms with E-state index in [1.807, 2.05) is 12.1 Å². The Morgan fingerprint density at radius 3 is 2.55 bits per heavy atom. The number of amides is 1. The van der Waals surface area contributed by atoms with Crippen molar-refractivity contribution < 1.29 is 14.7 Å². The van der Waals surface area contributed by atoms with E-state index in [4.69, 9.17) is 0 Å².